The summed E-state index contributed by atoms with van der Waals surface area (Å²) >= 11 is 2.69. The van der Waals surface area contributed by atoms with Crippen LogP contribution in [-0.4, -0.2) is 41.5 Å². The summed E-state index contributed by atoms with van der Waals surface area (Å²) in [6.07, 6.45) is 3.51. The highest BCUT2D eigenvalue weighted by atomic mass is 32.2. The van der Waals surface area contributed by atoms with E-state index in [9.17, 15) is 14.0 Å². The molecule has 0 aliphatic heterocycles. The van der Waals surface area contributed by atoms with E-state index in [2.05, 4.69) is 12.2 Å². The molecular formula is C23H26FN3O3S2. The largest absolute Gasteiger partial charge is 0.385 e. The number of hydrogen-bond donors (Lipinski definition) is 1. The van der Waals surface area contributed by atoms with Crippen LogP contribution in [0, 0.1) is 11.7 Å². The minimum atomic E-state index is -0.501. The SMILES string of the molecule is COCCCNC(=O)CSc1nc2sc3c(c2c(=O)n1-c1ccccc1F)CCC(C)C3. The molecule has 3 aromatic rings. The maximum Gasteiger partial charge on any atom is 0.267 e. The predicted octanol–water partition coefficient (Wildman–Crippen LogP) is 3.96. The highest BCUT2D eigenvalue weighted by molar-refractivity contribution is 7.99. The fourth-order valence-corrected chi connectivity index (χ4v) is 6.20. The molecular weight excluding hydrogens is 449 g/mol. The third-order valence-electron chi connectivity index (χ3n) is 5.57. The maximum absolute atomic E-state index is 14.7. The van der Waals surface area contributed by atoms with E-state index in [1.807, 2.05) is 0 Å². The summed E-state index contributed by atoms with van der Waals surface area (Å²) in [7, 11) is 1.62. The molecule has 0 spiro atoms. The average Bonchev–Trinajstić information content (AvgIpc) is 3.13. The quantitative estimate of drug-likeness (QED) is 0.303. The van der Waals surface area contributed by atoms with Crippen molar-refractivity contribution in [3.05, 3.63) is 50.9 Å². The zero-order valence-corrected chi connectivity index (χ0v) is 19.8. The molecule has 0 saturated heterocycles. The average molecular weight is 476 g/mol. The molecule has 1 amide bonds. The fourth-order valence-electron chi connectivity index (χ4n) is 3.94. The van der Waals surface area contributed by atoms with Crippen LogP contribution in [0.4, 0.5) is 4.39 Å². The molecule has 0 fully saturated rings. The molecule has 0 radical (unpaired) electrons. The van der Waals surface area contributed by atoms with Crippen LogP contribution in [0.25, 0.3) is 15.9 Å². The number of rotatable bonds is 8. The van der Waals surface area contributed by atoms with Crippen molar-refractivity contribution >= 4 is 39.2 Å². The van der Waals surface area contributed by atoms with Crippen LogP contribution >= 0.6 is 23.1 Å². The number of para-hydroxylation sites is 1. The fraction of sp³-hybridized carbons (Fsp3) is 0.435. The van der Waals surface area contributed by atoms with Crippen molar-refractivity contribution in [2.45, 2.75) is 37.8 Å². The number of aryl methyl sites for hydroxylation is 1. The minimum Gasteiger partial charge on any atom is -0.385 e. The second-order valence-corrected chi connectivity index (χ2v) is 10.0. The minimum absolute atomic E-state index is 0.0848. The van der Waals surface area contributed by atoms with Gasteiger partial charge in [0.1, 0.15) is 10.6 Å². The number of hydrogen-bond acceptors (Lipinski definition) is 6. The number of methoxy groups -OCH3 is 1. The number of nitrogens with one attached hydrogen (secondary N) is 1. The van der Waals surface area contributed by atoms with Gasteiger partial charge < -0.3 is 10.1 Å². The number of fused-ring (bicyclic) bond motifs is 3. The van der Waals surface area contributed by atoms with E-state index in [-0.39, 0.29) is 22.9 Å². The number of ether oxygens (including phenoxy) is 1. The molecule has 1 unspecified atom stereocenters. The van der Waals surface area contributed by atoms with E-state index in [1.54, 1.807) is 36.6 Å². The van der Waals surface area contributed by atoms with Crippen LogP contribution in [-0.2, 0) is 22.4 Å². The van der Waals surface area contributed by atoms with Gasteiger partial charge >= 0.3 is 0 Å². The lowest BCUT2D eigenvalue weighted by molar-refractivity contribution is -0.118. The van der Waals surface area contributed by atoms with Gasteiger partial charge in [-0.1, -0.05) is 30.8 Å². The van der Waals surface area contributed by atoms with Crippen molar-refractivity contribution in [1.82, 2.24) is 14.9 Å². The van der Waals surface area contributed by atoms with Gasteiger partial charge in [-0.05, 0) is 49.3 Å². The summed E-state index contributed by atoms with van der Waals surface area (Å²) < 4.78 is 21.0. The molecule has 9 heteroatoms. The van der Waals surface area contributed by atoms with Crippen LogP contribution in [0.1, 0.15) is 30.2 Å². The molecule has 1 aliphatic rings. The summed E-state index contributed by atoms with van der Waals surface area (Å²) in [6, 6.07) is 6.18. The first kappa shape index (κ1) is 22.9. The number of thioether (sulfide) groups is 1. The first-order chi connectivity index (χ1) is 15.5. The third kappa shape index (κ3) is 4.74. The zero-order chi connectivity index (χ0) is 22.7. The van der Waals surface area contributed by atoms with Crippen LogP contribution in [0.15, 0.2) is 34.2 Å². The van der Waals surface area contributed by atoms with E-state index >= 15 is 0 Å². The lowest BCUT2D eigenvalue weighted by atomic mass is 9.89. The third-order valence-corrected chi connectivity index (χ3v) is 7.66. The van der Waals surface area contributed by atoms with Crippen LogP contribution in [0.3, 0.4) is 0 Å². The van der Waals surface area contributed by atoms with Gasteiger partial charge in [0.25, 0.3) is 5.56 Å². The number of benzene rings is 1. The number of carbonyl (C=O) groups is 1. The Kier molecular flexibility index (Phi) is 7.27. The van der Waals surface area contributed by atoms with E-state index in [1.165, 1.54) is 15.5 Å². The van der Waals surface area contributed by atoms with Gasteiger partial charge in [-0.15, -0.1) is 11.3 Å². The van der Waals surface area contributed by atoms with Crippen molar-refractivity contribution in [3.63, 3.8) is 0 Å². The predicted molar refractivity (Wildman–Crippen MR) is 127 cm³/mol. The molecule has 32 heavy (non-hydrogen) atoms. The van der Waals surface area contributed by atoms with Crippen molar-refractivity contribution in [1.29, 1.82) is 0 Å². The number of amides is 1. The van der Waals surface area contributed by atoms with Crippen molar-refractivity contribution in [2.24, 2.45) is 5.92 Å². The number of carbonyl (C=O) groups excluding carboxylic acids is 1. The van der Waals surface area contributed by atoms with Gasteiger partial charge in [-0.25, -0.2) is 9.37 Å². The molecule has 1 aromatic carbocycles. The van der Waals surface area contributed by atoms with Gasteiger partial charge in [0.2, 0.25) is 5.91 Å². The molecule has 1 aliphatic carbocycles. The van der Waals surface area contributed by atoms with E-state index < -0.39 is 5.82 Å². The van der Waals surface area contributed by atoms with Crippen LogP contribution in [0.2, 0.25) is 0 Å². The monoisotopic (exact) mass is 475 g/mol. The highest BCUT2D eigenvalue weighted by Crippen LogP contribution is 2.37. The highest BCUT2D eigenvalue weighted by Gasteiger charge is 2.26. The summed E-state index contributed by atoms with van der Waals surface area (Å²) in [4.78, 5) is 32.5. The molecule has 1 N–H and O–H groups in total. The lowest BCUT2D eigenvalue weighted by Gasteiger charge is -2.18. The summed E-state index contributed by atoms with van der Waals surface area (Å²) in [6.45, 7) is 3.29. The molecule has 1 atom stereocenters. The normalized spacial score (nSPS) is 15.7. The van der Waals surface area contributed by atoms with Crippen molar-refractivity contribution in [2.75, 3.05) is 26.0 Å². The second kappa shape index (κ2) is 10.1. The van der Waals surface area contributed by atoms with E-state index in [4.69, 9.17) is 9.72 Å². The smallest absolute Gasteiger partial charge is 0.267 e. The first-order valence-corrected chi connectivity index (χ1v) is 12.5. The summed E-state index contributed by atoms with van der Waals surface area (Å²) in [5.74, 6) is -0.0132. The second-order valence-electron chi connectivity index (χ2n) is 8.00. The Hall–Kier alpha value is -2.23. The van der Waals surface area contributed by atoms with Gasteiger partial charge in [0.15, 0.2) is 5.16 Å². The molecule has 2 aromatic heterocycles. The number of aromatic nitrogens is 2. The Morgan fingerprint density at radius 1 is 1.41 bits per heavy atom. The van der Waals surface area contributed by atoms with E-state index in [0.29, 0.717) is 34.4 Å². The Balaban J connectivity index is 1.72. The number of nitrogens with zero attached hydrogens (tertiary/aromatic N) is 2. The first-order valence-electron chi connectivity index (χ1n) is 10.7. The Bertz CT molecular complexity index is 1190. The number of thiophene rings is 1. The van der Waals surface area contributed by atoms with Crippen molar-refractivity contribution in [3.8, 4) is 5.69 Å². The van der Waals surface area contributed by atoms with Crippen LogP contribution in [0.5, 0.6) is 0 Å². The molecule has 2 heterocycles. The molecule has 0 saturated carbocycles. The number of halogens is 1. The van der Waals surface area contributed by atoms with Gasteiger partial charge in [-0.3, -0.25) is 14.2 Å². The van der Waals surface area contributed by atoms with Gasteiger partial charge in [-0.2, -0.15) is 0 Å². The molecule has 0 bridgehead atoms. The molecule has 4 rings (SSSR count). The van der Waals surface area contributed by atoms with E-state index in [0.717, 1.165) is 43.0 Å². The summed E-state index contributed by atoms with van der Waals surface area (Å²) in [5.41, 5.74) is 0.937. The Labute approximate surface area is 194 Å². The maximum atomic E-state index is 14.7. The molecule has 170 valence electrons. The Morgan fingerprint density at radius 2 is 2.22 bits per heavy atom. The van der Waals surface area contributed by atoms with Crippen LogP contribution < -0.4 is 10.9 Å². The lowest BCUT2D eigenvalue weighted by Crippen LogP contribution is -2.28. The van der Waals surface area contributed by atoms with Gasteiger partial charge in [0, 0.05) is 25.1 Å². The standard InChI is InChI=1S/C23H26FN3O3S2/c1-14-8-9-15-18(12-14)32-21-20(15)22(29)27(17-7-4-3-6-16(17)24)23(26-21)31-13-19(28)25-10-5-11-30-2/h3-4,6-7,14H,5,8-13H2,1-2H3,(H,25,28). The Morgan fingerprint density at radius 3 is 3.00 bits per heavy atom. The van der Waals surface area contributed by atoms with Gasteiger partial charge in [0.05, 0.1) is 16.8 Å². The molecule has 6 nitrogen and oxygen atoms in total. The zero-order valence-electron chi connectivity index (χ0n) is 18.2. The summed E-state index contributed by atoms with van der Waals surface area (Å²) in [5, 5.41) is 3.74. The van der Waals surface area contributed by atoms with Crippen molar-refractivity contribution < 1.29 is 13.9 Å². The topological polar surface area (TPSA) is 73.2 Å².